The highest BCUT2D eigenvalue weighted by atomic mass is 79.9. The average Bonchev–Trinajstić information content (AvgIpc) is 2.65. The van der Waals surface area contributed by atoms with E-state index in [4.69, 9.17) is 32.7 Å². The van der Waals surface area contributed by atoms with E-state index in [1.165, 1.54) is 0 Å². The second-order valence-electron chi connectivity index (χ2n) is 6.80. The molecule has 1 atom stereocenters. The van der Waals surface area contributed by atoms with Crippen molar-refractivity contribution in [1.29, 1.82) is 0 Å². The summed E-state index contributed by atoms with van der Waals surface area (Å²) in [5, 5.41) is 13.4. The Balaban J connectivity index is 2.17. The fourth-order valence-corrected chi connectivity index (χ4v) is 3.50. The molecule has 0 bridgehead atoms. The molecule has 0 aliphatic carbocycles. The predicted molar refractivity (Wildman–Crippen MR) is 119 cm³/mol. The van der Waals surface area contributed by atoms with Crippen molar-refractivity contribution in [3.8, 4) is 11.5 Å². The summed E-state index contributed by atoms with van der Waals surface area (Å²) in [7, 11) is 0. The van der Waals surface area contributed by atoms with Gasteiger partial charge in [0.2, 0.25) is 0 Å². The standard InChI is InChI=1S/C21H24BrCl2NO4/c1-4-28-18-8-14(10-25-20(12(2)3)21(26)27)15(22)9-19(18)29-11-13-5-6-16(23)17(24)7-13/h5-9,12,20,25H,4,10-11H2,1-3H3,(H,26,27). The summed E-state index contributed by atoms with van der Waals surface area (Å²) >= 11 is 15.6. The second-order valence-corrected chi connectivity index (χ2v) is 8.47. The highest BCUT2D eigenvalue weighted by Crippen LogP contribution is 2.35. The van der Waals surface area contributed by atoms with Crippen LogP contribution in [0, 0.1) is 5.92 Å². The molecule has 0 saturated carbocycles. The summed E-state index contributed by atoms with van der Waals surface area (Å²) in [5.41, 5.74) is 1.76. The molecule has 5 nitrogen and oxygen atoms in total. The van der Waals surface area contributed by atoms with E-state index in [1.54, 1.807) is 12.1 Å². The van der Waals surface area contributed by atoms with Gasteiger partial charge in [0.05, 0.1) is 16.7 Å². The third-order valence-corrected chi connectivity index (χ3v) is 5.71. The van der Waals surface area contributed by atoms with Crippen molar-refractivity contribution in [3.05, 3.63) is 56.0 Å². The molecule has 29 heavy (non-hydrogen) atoms. The number of nitrogens with one attached hydrogen (secondary N) is 1. The molecule has 0 amide bonds. The number of rotatable bonds is 10. The lowest BCUT2D eigenvalue weighted by atomic mass is 10.0. The van der Waals surface area contributed by atoms with E-state index in [1.807, 2.05) is 39.0 Å². The molecule has 2 rings (SSSR count). The first-order valence-corrected chi connectivity index (χ1v) is 10.8. The van der Waals surface area contributed by atoms with Crippen molar-refractivity contribution < 1.29 is 19.4 Å². The minimum atomic E-state index is -0.872. The number of hydrogen-bond donors (Lipinski definition) is 2. The highest BCUT2D eigenvalue weighted by molar-refractivity contribution is 9.10. The maximum Gasteiger partial charge on any atom is 0.320 e. The zero-order chi connectivity index (χ0) is 21.6. The van der Waals surface area contributed by atoms with Crippen LogP contribution in [-0.2, 0) is 17.9 Å². The Labute approximate surface area is 189 Å². The Morgan fingerprint density at radius 1 is 1.14 bits per heavy atom. The highest BCUT2D eigenvalue weighted by Gasteiger charge is 2.21. The summed E-state index contributed by atoms with van der Waals surface area (Å²) in [6.07, 6.45) is 0. The Bertz CT molecular complexity index is 861. The molecule has 0 radical (unpaired) electrons. The van der Waals surface area contributed by atoms with Crippen molar-refractivity contribution >= 4 is 45.1 Å². The predicted octanol–water partition coefficient (Wildman–Crippen LogP) is 5.93. The molecule has 0 aromatic heterocycles. The van der Waals surface area contributed by atoms with Gasteiger partial charge in [0.1, 0.15) is 12.6 Å². The van der Waals surface area contributed by atoms with E-state index in [2.05, 4.69) is 21.2 Å². The first-order valence-electron chi connectivity index (χ1n) is 9.21. The molecule has 2 N–H and O–H groups in total. The van der Waals surface area contributed by atoms with Crippen LogP contribution in [0.4, 0.5) is 0 Å². The molecule has 0 saturated heterocycles. The van der Waals surface area contributed by atoms with Gasteiger partial charge in [0, 0.05) is 11.0 Å². The van der Waals surface area contributed by atoms with Crippen LogP contribution in [0.2, 0.25) is 10.0 Å². The fraction of sp³-hybridized carbons (Fsp3) is 0.381. The molecule has 8 heteroatoms. The number of aliphatic carboxylic acids is 1. The number of halogens is 3. The molecular weight excluding hydrogens is 481 g/mol. The van der Waals surface area contributed by atoms with Crippen LogP contribution in [0.1, 0.15) is 31.9 Å². The maximum atomic E-state index is 11.4. The average molecular weight is 505 g/mol. The Hall–Kier alpha value is -1.47. The smallest absolute Gasteiger partial charge is 0.320 e. The monoisotopic (exact) mass is 503 g/mol. The van der Waals surface area contributed by atoms with Crippen LogP contribution in [0.25, 0.3) is 0 Å². The first kappa shape index (κ1) is 23.8. The third-order valence-electron chi connectivity index (χ3n) is 4.24. The number of carboxylic acid groups (broad SMARTS) is 1. The van der Waals surface area contributed by atoms with E-state index < -0.39 is 12.0 Å². The topological polar surface area (TPSA) is 67.8 Å². The second kappa shape index (κ2) is 11.1. The molecule has 0 aliphatic heterocycles. The zero-order valence-corrected chi connectivity index (χ0v) is 19.6. The van der Waals surface area contributed by atoms with Gasteiger partial charge in [0.25, 0.3) is 0 Å². The maximum absolute atomic E-state index is 11.4. The van der Waals surface area contributed by atoms with Crippen LogP contribution in [0.3, 0.4) is 0 Å². The minimum absolute atomic E-state index is 0.0357. The first-order chi connectivity index (χ1) is 13.7. The van der Waals surface area contributed by atoms with E-state index in [0.29, 0.717) is 41.3 Å². The van der Waals surface area contributed by atoms with Gasteiger partial charge in [-0.2, -0.15) is 0 Å². The fourth-order valence-electron chi connectivity index (χ4n) is 2.71. The molecule has 158 valence electrons. The molecule has 0 heterocycles. The zero-order valence-electron chi connectivity index (χ0n) is 16.5. The lowest BCUT2D eigenvalue weighted by Crippen LogP contribution is -2.40. The van der Waals surface area contributed by atoms with E-state index in [-0.39, 0.29) is 5.92 Å². The molecule has 0 aliphatic rings. The minimum Gasteiger partial charge on any atom is -0.490 e. The van der Waals surface area contributed by atoms with Crippen molar-refractivity contribution in [2.75, 3.05) is 6.61 Å². The molecule has 1 unspecified atom stereocenters. The van der Waals surface area contributed by atoms with Crippen LogP contribution in [0.15, 0.2) is 34.8 Å². The Kier molecular flexibility index (Phi) is 9.08. The molecular formula is C21H24BrCl2NO4. The number of benzene rings is 2. The van der Waals surface area contributed by atoms with Gasteiger partial charge >= 0.3 is 5.97 Å². The van der Waals surface area contributed by atoms with Gasteiger partial charge in [-0.3, -0.25) is 4.79 Å². The normalized spacial score (nSPS) is 12.1. The summed E-state index contributed by atoms with van der Waals surface area (Å²) in [5.74, 6) is 0.255. The van der Waals surface area contributed by atoms with Gasteiger partial charge < -0.3 is 19.9 Å². The van der Waals surface area contributed by atoms with Gasteiger partial charge in [-0.15, -0.1) is 0 Å². The lowest BCUT2D eigenvalue weighted by Gasteiger charge is -2.20. The van der Waals surface area contributed by atoms with Crippen molar-refractivity contribution in [3.63, 3.8) is 0 Å². The number of ether oxygens (including phenoxy) is 2. The SMILES string of the molecule is CCOc1cc(CNC(C(=O)O)C(C)C)c(Br)cc1OCc1ccc(Cl)c(Cl)c1. The Morgan fingerprint density at radius 3 is 2.41 bits per heavy atom. The largest absolute Gasteiger partial charge is 0.490 e. The van der Waals surface area contributed by atoms with Crippen LogP contribution in [0.5, 0.6) is 11.5 Å². The molecule has 2 aromatic carbocycles. The van der Waals surface area contributed by atoms with Crippen molar-refractivity contribution in [2.24, 2.45) is 5.92 Å². The van der Waals surface area contributed by atoms with E-state index in [0.717, 1.165) is 15.6 Å². The van der Waals surface area contributed by atoms with Gasteiger partial charge in [-0.25, -0.2) is 0 Å². The summed E-state index contributed by atoms with van der Waals surface area (Å²) in [6, 6.07) is 8.37. The van der Waals surface area contributed by atoms with E-state index in [9.17, 15) is 9.90 Å². The van der Waals surface area contributed by atoms with Gasteiger partial charge in [0.15, 0.2) is 11.5 Å². The van der Waals surface area contributed by atoms with Crippen molar-refractivity contribution in [2.45, 2.75) is 40.0 Å². The summed E-state index contributed by atoms with van der Waals surface area (Å²) in [6.45, 7) is 6.78. The lowest BCUT2D eigenvalue weighted by molar-refractivity contribution is -0.140. The third kappa shape index (κ3) is 6.78. The molecule has 0 spiro atoms. The molecule has 0 fully saturated rings. The molecule has 2 aromatic rings. The quantitative estimate of drug-likeness (QED) is 0.419. The van der Waals surface area contributed by atoms with Crippen LogP contribution in [-0.4, -0.2) is 23.7 Å². The van der Waals surface area contributed by atoms with Crippen LogP contribution >= 0.6 is 39.1 Å². The summed E-state index contributed by atoms with van der Waals surface area (Å²) in [4.78, 5) is 11.4. The Morgan fingerprint density at radius 2 is 1.83 bits per heavy atom. The van der Waals surface area contributed by atoms with E-state index >= 15 is 0 Å². The number of carbonyl (C=O) groups is 1. The number of carboxylic acids is 1. The van der Waals surface area contributed by atoms with Gasteiger partial charge in [-0.1, -0.05) is 59.0 Å². The summed E-state index contributed by atoms with van der Waals surface area (Å²) < 4.78 is 12.5. The van der Waals surface area contributed by atoms with Crippen LogP contribution < -0.4 is 14.8 Å². The van der Waals surface area contributed by atoms with Gasteiger partial charge in [-0.05, 0) is 48.2 Å². The number of hydrogen-bond acceptors (Lipinski definition) is 4. The van der Waals surface area contributed by atoms with Crippen molar-refractivity contribution in [1.82, 2.24) is 5.32 Å².